The van der Waals surface area contributed by atoms with Crippen molar-refractivity contribution in [1.82, 2.24) is 14.9 Å². The van der Waals surface area contributed by atoms with E-state index in [1.54, 1.807) is 6.20 Å². The quantitative estimate of drug-likeness (QED) is 0.278. The second-order valence-electron chi connectivity index (χ2n) is 10.0. The van der Waals surface area contributed by atoms with E-state index in [-0.39, 0.29) is 29.2 Å². The van der Waals surface area contributed by atoms with Crippen molar-refractivity contribution in [3.8, 4) is 5.75 Å². The van der Waals surface area contributed by atoms with Crippen LogP contribution in [0, 0.1) is 5.82 Å². The van der Waals surface area contributed by atoms with Gasteiger partial charge < -0.3 is 25.0 Å². The molecule has 0 radical (unpaired) electrons. The molecule has 1 aliphatic heterocycles. The first kappa shape index (κ1) is 28.0. The van der Waals surface area contributed by atoms with Crippen LogP contribution in [0.2, 0.25) is 0 Å². The second-order valence-corrected chi connectivity index (χ2v) is 10.0. The van der Waals surface area contributed by atoms with Gasteiger partial charge in [0.15, 0.2) is 11.6 Å². The largest absolute Gasteiger partial charge is 0.496 e. The first-order valence-corrected chi connectivity index (χ1v) is 11.5. The molecule has 0 aliphatic carbocycles. The summed E-state index contributed by atoms with van der Waals surface area (Å²) in [5, 5.41) is 5.83. The SMILES string of the molecule is COC(=O)/C=C/N1C(C)(C)CC(Nc2nc(Nc3ccc(OC)c(C(F)(F)F)c3)ncc2F)CC1(C)C. The van der Waals surface area contributed by atoms with E-state index in [0.29, 0.717) is 12.8 Å². The smallest absolute Gasteiger partial charge is 0.420 e. The number of piperidine rings is 1. The molecule has 202 valence electrons. The summed E-state index contributed by atoms with van der Waals surface area (Å²) in [6.45, 7) is 8.04. The minimum atomic E-state index is -4.63. The number of benzene rings is 1. The van der Waals surface area contributed by atoms with Crippen molar-refractivity contribution in [2.45, 2.75) is 63.8 Å². The maximum Gasteiger partial charge on any atom is 0.420 e. The summed E-state index contributed by atoms with van der Waals surface area (Å²) < 4.78 is 64.2. The number of nitrogens with one attached hydrogen (secondary N) is 2. The number of rotatable bonds is 7. The van der Waals surface area contributed by atoms with Crippen molar-refractivity contribution < 1.29 is 31.8 Å². The highest BCUT2D eigenvalue weighted by Gasteiger charge is 2.44. The number of hydrogen-bond donors (Lipinski definition) is 2. The number of alkyl halides is 3. The third-order valence-electron chi connectivity index (χ3n) is 6.20. The number of halogens is 4. The molecule has 2 heterocycles. The van der Waals surface area contributed by atoms with Gasteiger partial charge in [-0.3, -0.25) is 0 Å². The molecule has 8 nitrogen and oxygen atoms in total. The summed E-state index contributed by atoms with van der Waals surface area (Å²) in [6.07, 6.45) is 0.571. The summed E-state index contributed by atoms with van der Waals surface area (Å²) in [5.41, 5.74) is -1.71. The van der Waals surface area contributed by atoms with Gasteiger partial charge in [-0.2, -0.15) is 18.2 Å². The molecule has 0 bridgehead atoms. The topological polar surface area (TPSA) is 88.6 Å². The van der Waals surface area contributed by atoms with Gasteiger partial charge >= 0.3 is 12.1 Å². The molecule has 1 saturated heterocycles. The van der Waals surface area contributed by atoms with Crippen LogP contribution in [0.15, 0.2) is 36.7 Å². The van der Waals surface area contributed by atoms with Gasteiger partial charge in [-0.15, -0.1) is 0 Å². The van der Waals surface area contributed by atoms with Crippen LogP contribution in [0.25, 0.3) is 0 Å². The molecule has 37 heavy (non-hydrogen) atoms. The Balaban J connectivity index is 1.81. The Morgan fingerprint density at radius 2 is 1.81 bits per heavy atom. The van der Waals surface area contributed by atoms with Crippen molar-refractivity contribution >= 4 is 23.4 Å². The number of nitrogens with zero attached hydrogens (tertiary/aromatic N) is 3. The monoisotopic (exact) mass is 525 g/mol. The Morgan fingerprint density at radius 1 is 1.16 bits per heavy atom. The number of carbonyl (C=O) groups excluding carboxylic acids is 1. The fraction of sp³-hybridized carbons (Fsp3) is 0.480. The molecule has 1 aromatic carbocycles. The number of methoxy groups -OCH3 is 2. The predicted molar refractivity (Wildman–Crippen MR) is 131 cm³/mol. The van der Waals surface area contributed by atoms with Gasteiger partial charge in [0, 0.05) is 35.1 Å². The summed E-state index contributed by atoms with van der Waals surface area (Å²) in [6, 6.07) is 3.25. The van der Waals surface area contributed by atoms with Crippen LogP contribution in [0.1, 0.15) is 46.1 Å². The molecule has 0 amide bonds. The molecule has 2 aromatic rings. The lowest BCUT2D eigenvalue weighted by Crippen LogP contribution is -2.60. The van der Waals surface area contributed by atoms with E-state index < -0.39 is 34.6 Å². The maximum atomic E-state index is 14.6. The lowest BCUT2D eigenvalue weighted by Gasteiger charge is -2.55. The van der Waals surface area contributed by atoms with Crippen molar-refractivity contribution in [2.75, 3.05) is 24.9 Å². The standard InChI is InChI=1S/C25H31F4N5O3/c1-23(2)12-16(13-24(3,4)34(23)10-9-20(35)37-6)31-21-18(26)14-30-22(33-21)32-15-7-8-19(36-5)17(11-15)25(27,28)29/h7-11,14,16H,12-13H2,1-6H3,(H2,30,31,32,33)/b10-9+. The van der Waals surface area contributed by atoms with E-state index in [1.165, 1.54) is 25.3 Å². The first-order valence-electron chi connectivity index (χ1n) is 11.5. The van der Waals surface area contributed by atoms with Crippen molar-refractivity contribution in [3.05, 3.63) is 48.1 Å². The minimum Gasteiger partial charge on any atom is -0.496 e. The zero-order chi connectivity index (χ0) is 27.6. The van der Waals surface area contributed by atoms with Crippen molar-refractivity contribution in [1.29, 1.82) is 0 Å². The zero-order valence-corrected chi connectivity index (χ0v) is 21.5. The Hall–Kier alpha value is -3.57. The van der Waals surface area contributed by atoms with Crippen LogP contribution in [0.5, 0.6) is 5.75 Å². The number of likely N-dealkylation sites (tertiary alicyclic amines) is 1. The molecule has 1 aliphatic rings. The Morgan fingerprint density at radius 3 is 2.38 bits per heavy atom. The maximum absolute atomic E-state index is 14.6. The number of anilines is 3. The van der Waals surface area contributed by atoms with Gasteiger partial charge in [-0.1, -0.05) is 0 Å². The Bertz CT molecular complexity index is 1150. The normalized spacial score (nSPS) is 17.5. The molecule has 12 heteroatoms. The molecule has 3 rings (SSSR count). The molecule has 1 aromatic heterocycles. The van der Waals surface area contributed by atoms with Crippen LogP contribution in [-0.4, -0.2) is 52.2 Å². The van der Waals surface area contributed by atoms with E-state index >= 15 is 0 Å². The third-order valence-corrected chi connectivity index (χ3v) is 6.20. The highest BCUT2D eigenvalue weighted by Crippen LogP contribution is 2.40. The lowest BCUT2D eigenvalue weighted by atomic mass is 9.77. The third kappa shape index (κ3) is 6.60. The van der Waals surface area contributed by atoms with E-state index in [0.717, 1.165) is 19.4 Å². The molecule has 2 N–H and O–H groups in total. The van der Waals surface area contributed by atoms with Crippen LogP contribution in [-0.2, 0) is 15.7 Å². The molecule has 0 unspecified atom stereocenters. The van der Waals surface area contributed by atoms with Crippen LogP contribution in [0.3, 0.4) is 0 Å². The summed E-state index contributed by atoms with van der Waals surface area (Å²) in [4.78, 5) is 21.7. The van der Waals surface area contributed by atoms with Gasteiger partial charge in [0.25, 0.3) is 0 Å². The van der Waals surface area contributed by atoms with E-state index in [4.69, 9.17) is 9.47 Å². The summed E-state index contributed by atoms with van der Waals surface area (Å²) in [5.74, 6) is -1.62. The predicted octanol–water partition coefficient (Wildman–Crippen LogP) is 5.51. The molecule has 0 spiro atoms. The van der Waals surface area contributed by atoms with E-state index in [1.807, 2.05) is 27.7 Å². The van der Waals surface area contributed by atoms with Crippen LogP contribution >= 0.6 is 0 Å². The van der Waals surface area contributed by atoms with E-state index in [2.05, 4.69) is 25.5 Å². The number of hydrogen-bond acceptors (Lipinski definition) is 8. The first-order chi connectivity index (χ1) is 17.2. The van der Waals surface area contributed by atoms with Crippen LogP contribution in [0.4, 0.5) is 35.0 Å². The highest BCUT2D eigenvalue weighted by molar-refractivity contribution is 5.81. The van der Waals surface area contributed by atoms with Gasteiger partial charge in [0.2, 0.25) is 5.95 Å². The average molecular weight is 526 g/mol. The number of esters is 1. The molecule has 0 atom stereocenters. The Labute approximate surface area is 213 Å². The number of carbonyl (C=O) groups is 1. The van der Waals surface area contributed by atoms with Crippen molar-refractivity contribution in [2.24, 2.45) is 0 Å². The number of ether oxygens (including phenoxy) is 2. The van der Waals surface area contributed by atoms with E-state index in [9.17, 15) is 22.4 Å². The fourth-order valence-electron chi connectivity index (χ4n) is 4.86. The zero-order valence-electron chi connectivity index (χ0n) is 21.5. The molecular formula is C25H31F4N5O3. The summed E-state index contributed by atoms with van der Waals surface area (Å²) in [7, 11) is 2.46. The van der Waals surface area contributed by atoms with Crippen LogP contribution < -0.4 is 15.4 Å². The summed E-state index contributed by atoms with van der Waals surface area (Å²) >= 11 is 0. The highest BCUT2D eigenvalue weighted by atomic mass is 19.4. The molecule has 1 fully saturated rings. The molecular weight excluding hydrogens is 494 g/mol. The van der Waals surface area contributed by atoms with Gasteiger partial charge in [0.1, 0.15) is 5.75 Å². The Kier molecular flexibility index (Phi) is 7.89. The fourth-order valence-corrected chi connectivity index (χ4v) is 4.86. The lowest BCUT2D eigenvalue weighted by molar-refractivity contribution is -0.138. The van der Waals surface area contributed by atoms with Gasteiger partial charge in [-0.25, -0.2) is 14.2 Å². The van der Waals surface area contributed by atoms with Gasteiger partial charge in [-0.05, 0) is 58.7 Å². The number of aromatic nitrogens is 2. The average Bonchev–Trinajstić information content (AvgIpc) is 2.79. The minimum absolute atomic E-state index is 0.0682. The molecule has 0 saturated carbocycles. The van der Waals surface area contributed by atoms with Gasteiger partial charge in [0.05, 0.1) is 26.0 Å². The van der Waals surface area contributed by atoms with Crippen molar-refractivity contribution in [3.63, 3.8) is 0 Å². The second kappa shape index (κ2) is 10.4.